The van der Waals surface area contributed by atoms with Crippen molar-refractivity contribution in [3.63, 3.8) is 0 Å². The molecule has 28 heavy (non-hydrogen) atoms. The predicted molar refractivity (Wildman–Crippen MR) is 98.0 cm³/mol. The summed E-state index contributed by atoms with van der Waals surface area (Å²) in [6, 6.07) is 4.92. The molecule has 1 aliphatic carbocycles. The first-order valence-corrected chi connectivity index (χ1v) is 9.42. The monoisotopic (exact) mass is 398 g/mol. The fourth-order valence-electron chi connectivity index (χ4n) is 3.95. The van der Waals surface area contributed by atoms with Crippen LogP contribution in [0.4, 0.5) is 23.7 Å². The first kappa shape index (κ1) is 20.5. The van der Waals surface area contributed by atoms with Crippen LogP contribution in [0.15, 0.2) is 18.2 Å². The van der Waals surface area contributed by atoms with Crippen LogP contribution in [0.3, 0.4) is 0 Å². The van der Waals surface area contributed by atoms with E-state index in [0.29, 0.717) is 19.4 Å². The van der Waals surface area contributed by atoms with E-state index in [1.54, 1.807) is 11.0 Å². The Morgan fingerprint density at radius 2 is 1.86 bits per heavy atom. The van der Waals surface area contributed by atoms with Gasteiger partial charge >= 0.3 is 18.2 Å². The highest BCUT2D eigenvalue weighted by molar-refractivity contribution is 5.95. The zero-order chi connectivity index (χ0) is 20.7. The lowest BCUT2D eigenvalue weighted by atomic mass is 9.80. The lowest BCUT2D eigenvalue weighted by Gasteiger charge is -2.43. The maximum Gasteiger partial charge on any atom is 0.471 e. The number of carbonyl (C=O) groups is 2. The first-order chi connectivity index (χ1) is 12.9. The van der Waals surface area contributed by atoms with Crippen molar-refractivity contribution in [3.05, 3.63) is 29.3 Å². The maximum atomic E-state index is 12.7. The van der Waals surface area contributed by atoms with Gasteiger partial charge in [-0.05, 0) is 69.6 Å². The third-order valence-electron chi connectivity index (χ3n) is 5.16. The second-order valence-corrected chi connectivity index (χ2v) is 8.53. The molecule has 4 rings (SSSR count). The smallest absolute Gasteiger partial charge is 0.444 e. The van der Waals surface area contributed by atoms with Gasteiger partial charge in [0.25, 0.3) is 0 Å². The number of nitrogens with zero attached hydrogens (tertiary/aromatic N) is 1. The SMILES string of the molecule is CC(C)(C)OC(=O)N1CC2CCC1Cc1cccc(NC(=O)C(F)(F)F)c1C2. The van der Waals surface area contributed by atoms with Gasteiger partial charge in [0.05, 0.1) is 0 Å². The number of rotatable bonds is 1. The molecule has 2 heterocycles. The van der Waals surface area contributed by atoms with Crippen molar-refractivity contribution in [3.8, 4) is 0 Å². The van der Waals surface area contributed by atoms with E-state index in [2.05, 4.69) is 0 Å². The van der Waals surface area contributed by atoms with E-state index in [9.17, 15) is 22.8 Å². The van der Waals surface area contributed by atoms with E-state index in [0.717, 1.165) is 24.0 Å². The van der Waals surface area contributed by atoms with Crippen LogP contribution in [0.2, 0.25) is 0 Å². The maximum absolute atomic E-state index is 12.7. The quantitative estimate of drug-likeness (QED) is 0.767. The summed E-state index contributed by atoms with van der Waals surface area (Å²) in [6.07, 6.45) is -2.55. The van der Waals surface area contributed by atoms with E-state index in [4.69, 9.17) is 4.74 Å². The molecule has 1 fully saturated rings. The number of carbonyl (C=O) groups excluding carboxylic acids is 2. The van der Waals surface area contributed by atoms with Crippen LogP contribution in [-0.4, -0.2) is 41.3 Å². The van der Waals surface area contributed by atoms with Gasteiger partial charge in [0.1, 0.15) is 5.60 Å². The Kier molecular flexibility index (Phi) is 5.34. The molecule has 2 unspecified atom stereocenters. The van der Waals surface area contributed by atoms with Crippen LogP contribution in [-0.2, 0) is 22.4 Å². The molecule has 1 aromatic rings. The number of halogens is 3. The van der Waals surface area contributed by atoms with E-state index in [1.165, 1.54) is 6.07 Å². The fourth-order valence-corrected chi connectivity index (χ4v) is 3.95. The largest absolute Gasteiger partial charge is 0.471 e. The number of hydrogen-bond acceptors (Lipinski definition) is 3. The van der Waals surface area contributed by atoms with Crippen molar-refractivity contribution in [2.75, 3.05) is 11.9 Å². The number of piperidine rings is 1. The van der Waals surface area contributed by atoms with Crippen LogP contribution >= 0.6 is 0 Å². The molecule has 2 atom stereocenters. The van der Waals surface area contributed by atoms with Crippen molar-refractivity contribution < 1.29 is 27.5 Å². The summed E-state index contributed by atoms with van der Waals surface area (Å²) in [5.41, 5.74) is 1.21. The summed E-state index contributed by atoms with van der Waals surface area (Å²) in [4.78, 5) is 25.8. The van der Waals surface area contributed by atoms with Crippen LogP contribution in [0, 0.1) is 5.92 Å². The van der Waals surface area contributed by atoms with Gasteiger partial charge in [-0.25, -0.2) is 4.79 Å². The summed E-state index contributed by atoms with van der Waals surface area (Å²) in [5.74, 6) is -1.87. The molecule has 2 bridgehead atoms. The lowest BCUT2D eigenvalue weighted by molar-refractivity contribution is -0.167. The van der Waals surface area contributed by atoms with Crippen molar-refractivity contribution >= 4 is 17.7 Å². The highest BCUT2D eigenvalue weighted by atomic mass is 19.4. The van der Waals surface area contributed by atoms with Crippen molar-refractivity contribution in [1.82, 2.24) is 4.90 Å². The third kappa shape index (κ3) is 4.59. The molecule has 1 N–H and O–H groups in total. The molecule has 0 aromatic heterocycles. The number of ether oxygens (including phenoxy) is 1. The van der Waals surface area contributed by atoms with Crippen LogP contribution in [0.1, 0.15) is 44.7 Å². The van der Waals surface area contributed by atoms with Crippen molar-refractivity contribution in [2.24, 2.45) is 5.92 Å². The molecule has 1 aromatic carbocycles. The Morgan fingerprint density at radius 3 is 2.50 bits per heavy atom. The number of fused-ring (bicyclic) bond motifs is 2. The molecule has 154 valence electrons. The molecule has 5 nitrogen and oxygen atoms in total. The molecule has 2 amide bonds. The Morgan fingerprint density at radius 1 is 1.14 bits per heavy atom. The van der Waals surface area contributed by atoms with Gasteiger partial charge in [-0.1, -0.05) is 12.1 Å². The highest BCUT2D eigenvalue weighted by Crippen LogP contribution is 2.36. The molecule has 0 spiro atoms. The topological polar surface area (TPSA) is 58.6 Å². The highest BCUT2D eigenvalue weighted by Gasteiger charge is 2.40. The Balaban J connectivity index is 1.86. The van der Waals surface area contributed by atoms with Gasteiger partial charge in [-0.15, -0.1) is 0 Å². The molecule has 0 saturated carbocycles. The van der Waals surface area contributed by atoms with E-state index in [1.807, 2.05) is 32.2 Å². The Labute approximate surface area is 162 Å². The average molecular weight is 398 g/mol. The number of amides is 2. The minimum atomic E-state index is -4.93. The number of nitrogens with one attached hydrogen (secondary N) is 1. The number of hydrogen-bond donors (Lipinski definition) is 1. The predicted octanol–water partition coefficient (Wildman–Crippen LogP) is 4.30. The van der Waals surface area contributed by atoms with E-state index in [-0.39, 0.29) is 23.7 Å². The zero-order valence-electron chi connectivity index (χ0n) is 16.2. The average Bonchev–Trinajstić information content (AvgIpc) is 2.52. The van der Waals surface area contributed by atoms with E-state index < -0.39 is 17.7 Å². The molecular weight excluding hydrogens is 373 g/mol. The van der Waals surface area contributed by atoms with Gasteiger partial charge < -0.3 is 15.0 Å². The summed E-state index contributed by atoms with van der Waals surface area (Å²) < 4.78 is 43.5. The van der Waals surface area contributed by atoms with Crippen LogP contribution < -0.4 is 5.32 Å². The normalized spacial score (nSPS) is 22.1. The summed E-state index contributed by atoms with van der Waals surface area (Å²) in [5, 5.41) is 2.01. The van der Waals surface area contributed by atoms with Crippen molar-refractivity contribution in [2.45, 2.75) is 64.3 Å². The summed E-state index contributed by atoms with van der Waals surface area (Å²) in [7, 11) is 0. The summed E-state index contributed by atoms with van der Waals surface area (Å²) >= 11 is 0. The second-order valence-electron chi connectivity index (χ2n) is 8.53. The third-order valence-corrected chi connectivity index (χ3v) is 5.16. The zero-order valence-corrected chi connectivity index (χ0v) is 16.2. The van der Waals surface area contributed by atoms with Crippen LogP contribution in [0.25, 0.3) is 0 Å². The van der Waals surface area contributed by atoms with Gasteiger partial charge in [0, 0.05) is 18.3 Å². The number of benzene rings is 1. The molecular formula is C20H25F3N2O3. The van der Waals surface area contributed by atoms with E-state index >= 15 is 0 Å². The van der Waals surface area contributed by atoms with Gasteiger partial charge in [0.2, 0.25) is 0 Å². The molecule has 0 radical (unpaired) electrons. The standard InChI is InChI=1S/C20H25F3N2O3/c1-19(2,3)28-18(27)25-11-12-7-8-14(25)10-13-5-4-6-16(15(13)9-12)24-17(26)20(21,22)23/h4-6,12,14H,7-11H2,1-3H3,(H,24,26). The van der Waals surface area contributed by atoms with Crippen molar-refractivity contribution in [1.29, 1.82) is 0 Å². The molecule has 3 aliphatic rings. The first-order valence-electron chi connectivity index (χ1n) is 9.42. The minimum Gasteiger partial charge on any atom is -0.444 e. The number of alkyl halides is 3. The van der Waals surface area contributed by atoms with Gasteiger partial charge in [-0.2, -0.15) is 13.2 Å². The second kappa shape index (κ2) is 7.29. The minimum absolute atomic E-state index is 0.0706. The van der Waals surface area contributed by atoms with Gasteiger partial charge in [-0.3, -0.25) is 4.79 Å². The van der Waals surface area contributed by atoms with Gasteiger partial charge in [0.15, 0.2) is 0 Å². The summed E-state index contributed by atoms with van der Waals surface area (Å²) in [6.45, 7) is 5.95. The molecule has 2 aliphatic heterocycles. The number of anilines is 1. The fraction of sp³-hybridized carbons (Fsp3) is 0.600. The van der Waals surface area contributed by atoms with Crippen LogP contribution in [0.5, 0.6) is 0 Å². The lowest BCUT2D eigenvalue weighted by Crippen LogP contribution is -2.51. The molecule has 8 heteroatoms. The Hall–Kier alpha value is -2.25. The molecule has 1 saturated heterocycles. The Bertz CT molecular complexity index is 771.